The predicted molar refractivity (Wildman–Crippen MR) is 124 cm³/mol. The molecule has 0 bridgehead atoms. The van der Waals surface area contributed by atoms with Crippen molar-refractivity contribution in [3.05, 3.63) is 95.1 Å². The topological polar surface area (TPSA) is 34.1 Å². The van der Waals surface area contributed by atoms with Gasteiger partial charge in [-0.2, -0.15) is 0 Å². The molecular formula is C28H18O2. The van der Waals surface area contributed by atoms with Gasteiger partial charge in [-0.1, -0.05) is 24.3 Å². The first-order valence-corrected chi connectivity index (χ1v) is 10.1. The fourth-order valence-corrected chi connectivity index (χ4v) is 4.62. The van der Waals surface area contributed by atoms with E-state index in [4.69, 9.17) is 0 Å². The van der Waals surface area contributed by atoms with Gasteiger partial charge < -0.3 is 0 Å². The Balaban J connectivity index is 1.65. The van der Waals surface area contributed by atoms with Crippen molar-refractivity contribution in [2.75, 3.05) is 0 Å². The smallest absolute Gasteiger partial charge is 0.189 e. The maximum absolute atomic E-state index is 12.8. The molecule has 1 aliphatic rings. The summed E-state index contributed by atoms with van der Waals surface area (Å²) in [5, 5.41) is 9.05. The second-order valence-electron chi connectivity index (χ2n) is 8.25. The Labute approximate surface area is 173 Å². The third-order valence-electron chi connectivity index (χ3n) is 6.48. The lowest BCUT2D eigenvalue weighted by Crippen LogP contribution is -2.19. The standard InChI is InChI=1S/C28H18O2/c1-15-16(2)28(30)26-14-24-12-22-10-20-8-18-6-4-3-5-17(18)7-19(20)9-21(22)11-23(24)13-25(26)27(15)29/h3-14H,1-2H3. The number of rotatable bonds is 0. The van der Waals surface area contributed by atoms with E-state index in [1.807, 2.05) is 12.1 Å². The fourth-order valence-electron chi connectivity index (χ4n) is 4.62. The van der Waals surface area contributed by atoms with E-state index in [9.17, 15) is 9.59 Å². The molecule has 0 spiro atoms. The van der Waals surface area contributed by atoms with E-state index in [1.54, 1.807) is 13.8 Å². The number of ketones is 2. The minimum atomic E-state index is -0.0471. The van der Waals surface area contributed by atoms with Crippen molar-refractivity contribution in [3.8, 4) is 0 Å². The van der Waals surface area contributed by atoms with E-state index in [0.29, 0.717) is 22.3 Å². The van der Waals surface area contributed by atoms with Gasteiger partial charge in [-0.15, -0.1) is 0 Å². The second kappa shape index (κ2) is 5.87. The highest BCUT2D eigenvalue weighted by molar-refractivity contribution is 6.28. The molecule has 142 valence electrons. The van der Waals surface area contributed by atoms with Crippen LogP contribution in [-0.2, 0) is 0 Å². The number of hydrogen-bond donors (Lipinski definition) is 0. The van der Waals surface area contributed by atoms with Gasteiger partial charge in [0, 0.05) is 22.3 Å². The number of benzene rings is 5. The third-order valence-corrected chi connectivity index (χ3v) is 6.48. The zero-order chi connectivity index (χ0) is 20.6. The second-order valence-corrected chi connectivity index (χ2v) is 8.25. The van der Waals surface area contributed by atoms with Gasteiger partial charge in [-0.3, -0.25) is 9.59 Å². The maximum Gasteiger partial charge on any atom is 0.189 e. The van der Waals surface area contributed by atoms with Crippen LogP contribution in [0.3, 0.4) is 0 Å². The SMILES string of the molecule is CC1=C(C)C(=O)c2cc3cc4cc5cc6ccccc6cc5cc4cc3cc2C1=O. The van der Waals surface area contributed by atoms with Crippen molar-refractivity contribution in [3.63, 3.8) is 0 Å². The van der Waals surface area contributed by atoms with Crippen LogP contribution in [-0.4, -0.2) is 11.6 Å². The molecule has 5 aromatic carbocycles. The van der Waals surface area contributed by atoms with Crippen molar-refractivity contribution < 1.29 is 9.59 Å². The van der Waals surface area contributed by atoms with E-state index in [2.05, 4.69) is 60.7 Å². The molecule has 0 unspecified atom stereocenters. The summed E-state index contributed by atoms with van der Waals surface area (Å²) in [6.07, 6.45) is 0. The van der Waals surface area contributed by atoms with Crippen molar-refractivity contribution in [1.29, 1.82) is 0 Å². The maximum atomic E-state index is 12.8. The fraction of sp³-hybridized carbons (Fsp3) is 0.0714. The lowest BCUT2D eigenvalue weighted by Gasteiger charge is -2.18. The van der Waals surface area contributed by atoms with Crippen molar-refractivity contribution in [2.45, 2.75) is 13.8 Å². The minimum absolute atomic E-state index is 0.0471. The Morgan fingerprint density at radius 3 is 1.10 bits per heavy atom. The van der Waals surface area contributed by atoms with Crippen molar-refractivity contribution in [1.82, 2.24) is 0 Å². The van der Waals surface area contributed by atoms with Crippen LogP contribution in [0.25, 0.3) is 43.1 Å². The molecule has 0 amide bonds. The number of allylic oxidation sites excluding steroid dienone is 2. The molecule has 0 saturated heterocycles. The Bertz CT molecular complexity index is 1510. The Kier molecular flexibility index (Phi) is 3.35. The normalized spacial score (nSPS) is 14.3. The van der Waals surface area contributed by atoms with Gasteiger partial charge in [-0.25, -0.2) is 0 Å². The molecule has 0 fully saturated rings. The number of carbonyl (C=O) groups is 2. The van der Waals surface area contributed by atoms with Crippen LogP contribution in [0.15, 0.2) is 83.9 Å². The van der Waals surface area contributed by atoms with E-state index >= 15 is 0 Å². The molecule has 0 N–H and O–H groups in total. The molecule has 0 atom stereocenters. The summed E-state index contributed by atoms with van der Waals surface area (Å²) < 4.78 is 0. The minimum Gasteiger partial charge on any atom is -0.289 e. The number of Topliss-reactive ketones (excluding diaryl/α,β-unsaturated/α-hetero) is 2. The molecule has 0 heterocycles. The average Bonchev–Trinajstić information content (AvgIpc) is 2.76. The molecule has 5 aromatic rings. The first-order valence-electron chi connectivity index (χ1n) is 10.1. The Morgan fingerprint density at radius 2 is 0.733 bits per heavy atom. The van der Waals surface area contributed by atoms with Crippen molar-refractivity contribution >= 4 is 54.7 Å². The number of fused-ring (bicyclic) bond motifs is 5. The monoisotopic (exact) mass is 386 g/mol. The molecule has 1 aliphatic carbocycles. The lowest BCUT2D eigenvalue weighted by atomic mass is 9.83. The predicted octanol–water partition coefficient (Wildman–Crippen LogP) is 7.01. The van der Waals surface area contributed by atoms with E-state index in [-0.39, 0.29) is 11.6 Å². The Hall–Kier alpha value is -3.78. The Morgan fingerprint density at radius 1 is 0.433 bits per heavy atom. The highest BCUT2D eigenvalue weighted by Crippen LogP contribution is 2.34. The van der Waals surface area contributed by atoms with Gasteiger partial charge in [0.2, 0.25) is 0 Å². The highest BCUT2D eigenvalue weighted by Gasteiger charge is 2.27. The van der Waals surface area contributed by atoms with Crippen LogP contribution in [0.5, 0.6) is 0 Å². The average molecular weight is 386 g/mol. The summed E-state index contributed by atoms with van der Waals surface area (Å²) in [6, 6.07) is 25.2. The third kappa shape index (κ3) is 2.31. The number of carbonyl (C=O) groups excluding carboxylic acids is 2. The van der Waals surface area contributed by atoms with E-state index in [1.165, 1.54) is 21.5 Å². The van der Waals surface area contributed by atoms with Crippen LogP contribution in [0.1, 0.15) is 34.6 Å². The number of hydrogen-bond acceptors (Lipinski definition) is 2. The van der Waals surface area contributed by atoms with Gasteiger partial charge in [-0.05, 0) is 105 Å². The van der Waals surface area contributed by atoms with Crippen LogP contribution < -0.4 is 0 Å². The van der Waals surface area contributed by atoms with Gasteiger partial charge in [0.1, 0.15) is 0 Å². The summed E-state index contributed by atoms with van der Waals surface area (Å²) in [5.74, 6) is -0.0943. The summed E-state index contributed by atoms with van der Waals surface area (Å²) in [5.41, 5.74) is 2.12. The van der Waals surface area contributed by atoms with Crippen LogP contribution >= 0.6 is 0 Å². The quantitative estimate of drug-likeness (QED) is 0.268. The summed E-state index contributed by atoms with van der Waals surface area (Å²) in [4.78, 5) is 25.5. The van der Waals surface area contributed by atoms with Gasteiger partial charge in [0.05, 0.1) is 0 Å². The molecular weight excluding hydrogens is 368 g/mol. The lowest BCUT2D eigenvalue weighted by molar-refractivity contribution is 0.0975. The van der Waals surface area contributed by atoms with E-state index in [0.717, 1.165) is 21.5 Å². The molecule has 2 nitrogen and oxygen atoms in total. The first-order chi connectivity index (χ1) is 14.5. The molecule has 0 aliphatic heterocycles. The van der Waals surface area contributed by atoms with Gasteiger partial charge in [0.25, 0.3) is 0 Å². The molecule has 2 heteroatoms. The van der Waals surface area contributed by atoms with Gasteiger partial charge in [0.15, 0.2) is 11.6 Å². The highest BCUT2D eigenvalue weighted by atomic mass is 16.1. The summed E-state index contributed by atoms with van der Waals surface area (Å²) >= 11 is 0. The molecule has 0 radical (unpaired) electrons. The molecule has 6 rings (SSSR count). The summed E-state index contributed by atoms with van der Waals surface area (Å²) in [6.45, 7) is 3.47. The van der Waals surface area contributed by atoms with Crippen LogP contribution in [0.4, 0.5) is 0 Å². The zero-order valence-electron chi connectivity index (χ0n) is 16.7. The van der Waals surface area contributed by atoms with Crippen molar-refractivity contribution in [2.24, 2.45) is 0 Å². The van der Waals surface area contributed by atoms with Gasteiger partial charge >= 0.3 is 0 Å². The molecule has 30 heavy (non-hydrogen) atoms. The van der Waals surface area contributed by atoms with Crippen LogP contribution in [0, 0.1) is 0 Å². The van der Waals surface area contributed by atoms with Crippen LogP contribution in [0.2, 0.25) is 0 Å². The molecule has 0 saturated carbocycles. The zero-order valence-corrected chi connectivity index (χ0v) is 16.7. The van der Waals surface area contributed by atoms with E-state index < -0.39 is 0 Å². The molecule has 0 aromatic heterocycles. The summed E-state index contributed by atoms with van der Waals surface area (Å²) in [7, 11) is 0. The largest absolute Gasteiger partial charge is 0.289 e. The first kappa shape index (κ1) is 17.1.